The standard InChI is InChI=1S/C33H23Cl2FN4O3S2/c34-25-14-13-22(15-26(25)35)29-18-45-33(39-29)40-30(41)19-44-24-11-6-10-23(17-24)37-32(43)28(16-21-9-4-5-12-27(21)36)38-31(42)20-7-2-1-3-8-20/h1-18H,19H2,(H,37,43)(H,38,42)(H,39,40,41)/b28-16-. The Hall–Kier alpha value is -4.48. The number of carbonyl (C=O) groups excluding carboxylic acids is 3. The molecule has 12 heteroatoms. The van der Waals surface area contributed by atoms with E-state index in [1.165, 1.54) is 47.4 Å². The Morgan fingerprint density at radius 3 is 2.42 bits per heavy atom. The molecule has 0 spiro atoms. The van der Waals surface area contributed by atoms with Gasteiger partial charge in [-0.2, -0.15) is 0 Å². The minimum absolute atomic E-state index is 0.0880. The van der Waals surface area contributed by atoms with E-state index in [4.69, 9.17) is 23.2 Å². The highest BCUT2D eigenvalue weighted by molar-refractivity contribution is 8.00. The second-order valence-corrected chi connectivity index (χ2v) is 12.1. The first-order valence-corrected chi connectivity index (χ1v) is 15.9. The van der Waals surface area contributed by atoms with Crippen LogP contribution in [-0.4, -0.2) is 28.5 Å². The van der Waals surface area contributed by atoms with E-state index in [1.807, 2.05) is 5.38 Å². The zero-order valence-corrected chi connectivity index (χ0v) is 26.4. The molecule has 0 saturated heterocycles. The second kappa shape index (κ2) is 15.0. The minimum Gasteiger partial charge on any atom is -0.321 e. The van der Waals surface area contributed by atoms with Crippen LogP contribution in [0.15, 0.2) is 113 Å². The summed E-state index contributed by atoms with van der Waals surface area (Å²) in [5.41, 5.74) is 2.19. The third-order valence-corrected chi connectivity index (χ3v) is 8.65. The predicted octanol–water partition coefficient (Wildman–Crippen LogP) is 8.40. The Balaban J connectivity index is 1.23. The van der Waals surface area contributed by atoms with Gasteiger partial charge in [0.1, 0.15) is 11.5 Å². The van der Waals surface area contributed by atoms with Crippen molar-refractivity contribution in [2.75, 3.05) is 16.4 Å². The van der Waals surface area contributed by atoms with Gasteiger partial charge in [-0.1, -0.05) is 71.7 Å². The van der Waals surface area contributed by atoms with Crippen molar-refractivity contribution in [3.05, 3.63) is 135 Å². The molecule has 0 unspecified atom stereocenters. The molecule has 7 nitrogen and oxygen atoms in total. The molecule has 0 saturated carbocycles. The van der Waals surface area contributed by atoms with Gasteiger partial charge in [0.2, 0.25) is 5.91 Å². The van der Waals surface area contributed by atoms with Gasteiger partial charge in [-0.05, 0) is 54.6 Å². The Morgan fingerprint density at radius 1 is 0.867 bits per heavy atom. The smallest absolute Gasteiger partial charge is 0.272 e. The number of benzene rings is 4. The average Bonchev–Trinajstić information content (AvgIpc) is 3.51. The van der Waals surface area contributed by atoms with Crippen LogP contribution < -0.4 is 16.0 Å². The normalized spacial score (nSPS) is 11.1. The molecule has 5 aromatic rings. The summed E-state index contributed by atoms with van der Waals surface area (Å²) >= 11 is 14.6. The van der Waals surface area contributed by atoms with Crippen molar-refractivity contribution in [2.24, 2.45) is 0 Å². The lowest BCUT2D eigenvalue weighted by Gasteiger charge is -2.12. The van der Waals surface area contributed by atoms with Crippen molar-refractivity contribution in [2.45, 2.75) is 4.90 Å². The van der Waals surface area contributed by atoms with Gasteiger partial charge in [-0.3, -0.25) is 14.4 Å². The molecule has 0 bridgehead atoms. The van der Waals surface area contributed by atoms with E-state index in [0.29, 0.717) is 37.0 Å². The lowest BCUT2D eigenvalue weighted by molar-refractivity contribution is -0.114. The number of halogens is 3. The van der Waals surface area contributed by atoms with Gasteiger partial charge in [0, 0.05) is 32.7 Å². The first-order valence-electron chi connectivity index (χ1n) is 13.3. The third-order valence-electron chi connectivity index (χ3n) is 6.16. The van der Waals surface area contributed by atoms with Crippen LogP contribution in [0.1, 0.15) is 15.9 Å². The Morgan fingerprint density at radius 2 is 1.64 bits per heavy atom. The summed E-state index contributed by atoms with van der Waals surface area (Å²) in [5.74, 6) is -1.89. The summed E-state index contributed by atoms with van der Waals surface area (Å²) in [4.78, 5) is 44.0. The van der Waals surface area contributed by atoms with Crippen molar-refractivity contribution in [1.29, 1.82) is 0 Å². The predicted molar refractivity (Wildman–Crippen MR) is 180 cm³/mol. The summed E-state index contributed by atoms with van der Waals surface area (Å²) in [6.07, 6.45) is 1.28. The van der Waals surface area contributed by atoms with E-state index in [9.17, 15) is 18.8 Å². The van der Waals surface area contributed by atoms with Gasteiger partial charge in [0.25, 0.3) is 11.8 Å². The SMILES string of the molecule is O=C(CSc1cccc(NC(=O)/C(=C/c2ccccc2F)NC(=O)c2ccccc2)c1)Nc1nc(-c2ccc(Cl)c(Cl)c2)cs1. The summed E-state index contributed by atoms with van der Waals surface area (Å²) in [6.45, 7) is 0. The zero-order valence-electron chi connectivity index (χ0n) is 23.2. The summed E-state index contributed by atoms with van der Waals surface area (Å²) in [7, 11) is 0. The van der Waals surface area contributed by atoms with Crippen LogP contribution in [0.25, 0.3) is 17.3 Å². The van der Waals surface area contributed by atoms with E-state index in [-0.39, 0.29) is 22.9 Å². The van der Waals surface area contributed by atoms with E-state index >= 15 is 0 Å². The van der Waals surface area contributed by atoms with Gasteiger partial charge in [0.15, 0.2) is 5.13 Å². The number of hydrogen-bond acceptors (Lipinski definition) is 6. The first kappa shape index (κ1) is 31.9. The van der Waals surface area contributed by atoms with E-state index in [1.54, 1.807) is 78.9 Å². The number of nitrogens with one attached hydrogen (secondary N) is 3. The van der Waals surface area contributed by atoms with Crippen molar-refractivity contribution >= 4 is 80.9 Å². The van der Waals surface area contributed by atoms with Crippen LogP contribution in [0.3, 0.4) is 0 Å². The number of nitrogens with zero attached hydrogens (tertiary/aromatic N) is 1. The Bertz CT molecular complexity index is 1900. The van der Waals surface area contributed by atoms with Crippen LogP contribution in [0, 0.1) is 5.82 Å². The first-order chi connectivity index (χ1) is 21.7. The Kier molecular flexibility index (Phi) is 10.6. The number of amides is 3. The van der Waals surface area contributed by atoms with Crippen molar-refractivity contribution in [1.82, 2.24) is 10.3 Å². The van der Waals surface area contributed by atoms with Crippen LogP contribution in [0.5, 0.6) is 0 Å². The fourth-order valence-electron chi connectivity index (χ4n) is 3.98. The molecule has 226 valence electrons. The highest BCUT2D eigenvalue weighted by Gasteiger charge is 2.17. The monoisotopic (exact) mass is 676 g/mol. The van der Waals surface area contributed by atoms with E-state index in [0.717, 1.165) is 5.56 Å². The summed E-state index contributed by atoms with van der Waals surface area (Å²) in [6, 6.07) is 26.4. The summed E-state index contributed by atoms with van der Waals surface area (Å²) < 4.78 is 14.4. The maximum absolute atomic E-state index is 14.4. The number of anilines is 2. The highest BCUT2D eigenvalue weighted by Crippen LogP contribution is 2.31. The largest absolute Gasteiger partial charge is 0.321 e. The molecular weight excluding hydrogens is 654 g/mol. The van der Waals surface area contributed by atoms with E-state index < -0.39 is 17.6 Å². The molecule has 1 heterocycles. The summed E-state index contributed by atoms with van der Waals surface area (Å²) in [5, 5.41) is 11.2. The molecule has 0 aliphatic rings. The quantitative estimate of drug-likeness (QED) is 0.102. The number of rotatable bonds is 10. The molecule has 0 aliphatic heterocycles. The van der Waals surface area contributed by atoms with Crippen LogP contribution >= 0.6 is 46.3 Å². The van der Waals surface area contributed by atoms with E-state index in [2.05, 4.69) is 20.9 Å². The maximum atomic E-state index is 14.4. The van der Waals surface area contributed by atoms with Crippen LogP contribution in [-0.2, 0) is 9.59 Å². The third kappa shape index (κ3) is 8.80. The molecule has 1 aromatic heterocycles. The van der Waals surface area contributed by atoms with Crippen molar-refractivity contribution < 1.29 is 18.8 Å². The minimum atomic E-state index is -0.649. The Labute approximate surface area is 276 Å². The molecule has 3 amide bonds. The molecule has 0 aliphatic carbocycles. The second-order valence-electron chi connectivity index (χ2n) is 9.39. The van der Waals surface area contributed by atoms with Crippen LogP contribution in [0.4, 0.5) is 15.2 Å². The van der Waals surface area contributed by atoms with Gasteiger partial charge >= 0.3 is 0 Å². The maximum Gasteiger partial charge on any atom is 0.272 e. The van der Waals surface area contributed by atoms with Gasteiger partial charge < -0.3 is 16.0 Å². The zero-order chi connectivity index (χ0) is 31.8. The number of hydrogen-bond donors (Lipinski definition) is 3. The average molecular weight is 678 g/mol. The van der Waals surface area contributed by atoms with Crippen LogP contribution in [0.2, 0.25) is 10.0 Å². The molecule has 45 heavy (non-hydrogen) atoms. The molecule has 4 aromatic carbocycles. The van der Waals surface area contributed by atoms with Gasteiger partial charge in [-0.25, -0.2) is 9.37 Å². The molecular formula is C33H23Cl2FN4O3S2. The number of aromatic nitrogens is 1. The fourth-order valence-corrected chi connectivity index (χ4v) is 5.76. The lowest BCUT2D eigenvalue weighted by atomic mass is 10.1. The number of thioether (sulfide) groups is 1. The number of carbonyl (C=O) groups is 3. The molecule has 5 rings (SSSR count). The van der Waals surface area contributed by atoms with Crippen molar-refractivity contribution in [3.8, 4) is 11.3 Å². The fraction of sp³-hybridized carbons (Fsp3) is 0.0303. The highest BCUT2D eigenvalue weighted by atomic mass is 35.5. The van der Waals surface area contributed by atoms with Crippen molar-refractivity contribution in [3.63, 3.8) is 0 Å². The van der Waals surface area contributed by atoms with Gasteiger partial charge in [0.05, 0.1) is 21.5 Å². The number of thiazole rings is 1. The molecule has 0 radical (unpaired) electrons. The molecule has 0 fully saturated rings. The topological polar surface area (TPSA) is 100 Å². The molecule has 3 N–H and O–H groups in total. The molecule has 0 atom stereocenters. The lowest BCUT2D eigenvalue weighted by Crippen LogP contribution is -2.30. The van der Waals surface area contributed by atoms with Gasteiger partial charge in [-0.15, -0.1) is 23.1 Å².